The van der Waals surface area contributed by atoms with Crippen molar-refractivity contribution in [3.8, 4) is 11.5 Å². The molecule has 0 spiro atoms. The maximum Gasteiger partial charge on any atom is 0.315 e. The van der Waals surface area contributed by atoms with Gasteiger partial charge in [-0.05, 0) is 29.8 Å². The summed E-state index contributed by atoms with van der Waals surface area (Å²) in [5, 5.41) is 6.92. The predicted octanol–water partition coefficient (Wildman–Crippen LogP) is 3.77. The van der Waals surface area contributed by atoms with Gasteiger partial charge in [0.1, 0.15) is 5.82 Å². The van der Waals surface area contributed by atoms with Crippen LogP contribution in [0.4, 0.5) is 18.0 Å². The smallest absolute Gasteiger partial charge is 0.315 e. The number of aromatic nitrogens is 3. The molecule has 2 N–H and O–H groups in total. The fraction of sp³-hybridized carbons (Fsp3) is 0.300. The maximum atomic E-state index is 13.5. The van der Waals surface area contributed by atoms with Crippen LogP contribution in [-0.2, 0) is 12.0 Å². The average Bonchev–Trinajstić information content (AvgIpc) is 3.25. The highest BCUT2D eigenvalue weighted by molar-refractivity contribution is 7.99. The van der Waals surface area contributed by atoms with Gasteiger partial charge in [-0.3, -0.25) is 4.98 Å². The van der Waals surface area contributed by atoms with E-state index in [1.165, 1.54) is 18.3 Å². The molecule has 2 amide bonds. The second-order valence-electron chi connectivity index (χ2n) is 7.04. The third-order valence-electron chi connectivity index (χ3n) is 5.14. The standard InChI is InChI=1S/C20H18F3N5O2S/c21-14-4-2-13(3-5-14)20(11-31-8-7-28(20)19(24)29)9-15-6-1-12(10-25-15)17-26-27-18(30-17)16(22)23/h1-6,10,16H,7-9,11H2,(H2,24,29). The summed E-state index contributed by atoms with van der Waals surface area (Å²) >= 11 is 1.67. The van der Waals surface area contributed by atoms with Crippen LogP contribution in [0.3, 0.4) is 0 Å². The van der Waals surface area contributed by atoms with E-state index in [-0.39, 0.29) is 11.7 Å². The van der Waals surface area contributed by atoms with Crippen molar-refractivity contribution >= 4 is 17.8 Å². The molecular formula is C20H18F3N5O2S. The van der Waals surface area contributed by atoms with Crippen molar-refractivity contribution in [1.29, 1.82) is 0 Å². The number of benzene rings is 1. The summed E-state index contributed by atoms with van der Waals surface area (Å²) < 4.78 is 43.8. The van der Waals surface area contributed by atoms with E-state index in [0.717, 1.165) is 11.3 Å². The van der Waals surface area contributed by atoms with Crippen molar-refractivity contribution in [2.75, 3.05) is 18.1 Å². The molecule has 1 atom stereocenters. The zero-order chi connectivity index (χ0) is 22.0. The zero-order valence-electron chi connectivity index (χ0n) is 16.2. The highest BCUT2D eigenvalue weighted by Gasteiger charge is 2.43. The molecule has 0 bridgehead atoms. The van der Waals surface area contributed by atoms with Crippen molar-refractivity contribution in [1.82, 2.24) is 20.1 Å². The predicted molar refractivity (Wildman–Crippen MR) is 108 cm³/mol. The van der Waals surface area contributed by atoms with Crippen molar-refractivity contribution in [2.24, 2.45) is 5.73 Å². The van der Waals surface area contributed by atoms with E-state index in [9.17, 15) is 18.0 Å². The van der Waals surface area contributed by atoms with Gasteiger partial charge in [0.05, 0.1) is 11.1 Å². The molecular weight excluding hydrogens is 431 g/mol. The second-order valence-corrected chi connectivity index (χ2v) is 8.15. The van der Waals surface area contributed by atoms with Crippen LogP contribution in [0, 0.1) is 5.82 Å². The van der Waals surface area contributed by atoms with Crippen molar-refractivity contribution < 1.29 is 22.4 Å². The largest absolute Gasteiger partial charge is 0.415 e. The molecule has 0 saturated carbocycles. The summed E-state index contributed by atoms with van der Waals surface area (Å²) in [6.45, 7) is 0.452. The molecule has 3 aromatic rings. The number of hydrogen-bond acceptors (Lipinski definition) is 6. The molecule has 1 aliphatic rings. The maximum absolute atomic E-state index is 13.5. The Morgan fingerprint density at radius 1 is 1.23 bits per heavy atom. The highest BCUT2D eigenvalue weighted by Crippen LogP contribution is 2.39. The van der Waals surface area contributed by atoms with Gasteiger partial charge < -0.3 is 15.1 Å². The first-order valence-corrected chi connectivity index (χ1v) is 10.5. The lowest BCUT2D eigenvalue weighted by molar-refractivity contribution is 0.116. The Morgan fingerprint density at radius 2 is 2.00 bits per heavy atom. The molecule has 162 valence electrons. The molecule has 7 nitrogen and oxygen atoms in total. The van der Waals surface area contributed by atoms with E-state index in [0.29, 0.717) is 30.0 Å². The van der Waals surface area contributed by atoms with Gasteiger partial charge in [-0.2, -0.15) is 20.5 Å². The number of nitrogens with two attached hydrogens (primary N) is 1. The fourth-order valence-corrected chi connectivity index (χ4v) is 4.87. The first-order valence-electron chi connectivity index (χ1n) is 9.37. The molecule has 3 heterocycles. The quantitative estimate of drug-likeness (QED) is 0.637. The summed E-state index contributed by atoms with van der Waals surface area (Å²) in [6.07, 6.45) is -1.07. The molecule has 1 aliphatic heterocycles. The van der Waals surface area contributed by atoms with Crippen molar-refractivity contribution in [2.45, 2.75) is 18.4 Å². The summed E-state index contributed by atoms with van der Waals surface area (Å²) in [5.41, 5.74) is 6.66. The van der Waals surface area contributed by atoms with E-state index >= 15 is 0 Å². The number of rotatable bonds is 5. The van der Waals surface area contributed by atoms with E-state index in [1.807, 2.05) is 0 Å². The summed E-state index contributed by atoms with van der Waals surface area (Å²) in [5.74, 6) is 0.104. The van der Waals surface area contributed by atoms with E-state index in [4.69, 9.17) is 10.2 Å². The van der Waals surface area contributed by atoms with Crippen LogP contribution < -0.4 is 5.73 Å². The summed E-state index contributed by atoms with van der Waals surface area (Å²) in [7, 11) is 0. The topological polar surface area (TPSA) is 98.1 Å². The van der Waals surface area contributed by atoms with Crippen LogP contribution in [0.5, 0.6) is 0 Å². The van der Waals surface area contributed by atoms with Crippen LogP contribution in [0.2, 0.25) is 0 Å². The Hall–Kier alpha value is -3.08. The minimum Gasteiger partial charge on any atom is -0.415 e. The van der Waals surface area contributed by atoms with Gasteiger partial charge >= 0.3 is 12.5 Å². The monoisotopic (exact) mass is 449 g/mol. The second kappa shape index (κ2) is 8.58. The normalized spacial score (nSPS) is 19.0. The molecule has 4 rings (SSSR count). The van der Waals surface area contributed by atoms with Gasteiger partial charge in [0.25, 0.3) is 5.89 Å². The number of halogens is 3. The molecule has 1 fully saturated rings. The number of alkyl halides is 2. The Morgan fingerprint density at radius 3 is 2.61 bits per heavy atom. The van der Waals surface area contributed by atoms with Crippen molar-refractivity contribution in [3.05, 3.63) is 65.6 Å². The molecule has 31 heavy (non-hydrogen) atoms. The number of pyridine rings is 1. The minimum atomic E-state index is -2.85. The summed E-state index contributed by atoms with van der Waals surface area (Å²) in [6, 6.07) is 8.77. The van der Waals surface area contributed by atoms with Crippen LogP contribution in [-0.4, -0.2) is 44.2 Å². The lowest BCUT2D eigenvalue weighted by Gasteiger charge is -2.46. The molecule has 1 saturated heterocycles. The Labute approximate surface area is 179 Å². The van der Waals surface area contributed by atoms with Crippen LogP contribution in [0.25, 0.3) is 11.5 Å². The molecule has 2 aromatic heterocycles. The average molecular weight is 449 g/mol. The lowest BCUT2D eigenvalue weighted by atomic mass is 9.84. The minimum absolute atomic E-state index is 0.0606. The number of thioether (sulfide) groups is 1. The molecule has 11 heteroatoms. The molecule has 0 radical (unpaired) electrons. The van der Waals surface area contributed by atoms with Crippen LogP contribution >= 0.6 is 11.8 Å². The molecule has 1 aromatic carbocycles. The van der Waals surface area contributed by atoms with Gasteiger partial charge in [-0.1, -0.05) is 12.1 Å². The van der Waals surface area contributed by atoms with Crippen molar-refractivity contribution in [3.63, 3.8) is 0 Å². The van der Waals surface area contributed by atoms with Gasteiger partial charge in [-0.25, -0.2) is 9.18 Å². The number of primary amides is 1. The van der Waals surface area contributed by atoms with E-state index in [1.54, 1.807) is 40.9 Å². The van der Waals surface area contributed by atoms with Crippen LogP contribution in [0.15, 0.2) is 47.0 Å². The number of nitrogens with zero attached hydrogens (tertiary/aromatic N) is 4. The first-order chi connectivity index (χ1) is 14.9. The van der Waals surface area contributed by atoms with Gasteiger partial charge in [0.2, 0.25) is 5.89 Å². The molecule has 1 unspecified atom stereocenters. The lowest BCUT2D eigenvalue weighted by Crippen LogP contribution is -2.57. The van der Waals surface area contributed by atoms with Gasteiger partial charge in [0.15, 0.2) is 0 Å². The number of urea groups is 1. The van der Waals surface area contributed by atoms with Gasteiger partial charge in [-0.15, -0.1) is 10.2 Å². The Balaban J connectivity index is 1.67. The van der Waals surface area contributed by atoms with E-state index in [2.05, 4.69) is 15.2 Å². The third-order valence-corrected chi connectivity index (χ3v) is 6.29. The fourth-order valence-electron chi connectivity index (χ4n) is 3.65. The zero-order valence-corrected chi connectivity index (χ0v) is 17.0. The first kappa shape index (κ1) is 21.2. The van der Waals surface area contributed by atoms with E-state index < -0.39 is 23.9 Å². The number of carbonyl (C=O) groups is 1. The third kappa shape index (κ3) is 4.22. The Bertz CT molecular complexity index is 1060. The number of amides is 2. The Kier molecular flexibility index (Phi) is 5.86. The number of hydrogen-bond donors (Lipinski definition) is 1. The SMILES string of the molecule is NC(=O)N1CCSCC1(Cc1ccc(-c2nnc(C(F)F)o2)cn1)c1ccc(F)cc1. The highest BCUT2D eigenvalue weighted by atomic mass is 32.2. The van der Waals surface area contributed by atoms with Gasteiger partial charge in [0, 0.05) is 36.4 Å². The molecule has 0 aliphatic carbocycles. The summed E-state index contributed by atoms with van der Waals surface area (Å²) in [4.78, 5) is 18.3. The number of carbonyl (C=O) groups excluding carboxylic acids is 1. The van der Waals surface area contributed by atoms with Crippen LogP contribution in [0.1, 0.15) is 23.6 Å².